The van der Waals surface area contributed by atoms with E-state index < -0.39 is 5.97 Å². The van der Waals surface area contributed by atoms with Crippen molar-refractivity contribution in [2.75, 3.05) is 0 Å². The Labute approximate surface area is 134 Å². The molecule has 2 heterocycles. The summed E-state index contributed by atoms with van der Waals surface area (Å²) in [5.74, 6) is -0.159. The normalized spacial score (nSPS) is 11.0. The second kappa shape index (κ2) is 5.33. The fraction of sp³-hybridized carbons (Fsp3) is 0. The van der Waals surface area contributed by atoms with Gasteiger partial charge in [0.15, 0.2) is 0 Å². The topological polar surface area (TPSA) is 76.2 Å². The standard InChI is InChI=1S/C17H10N2O3S/c20-17(21)12-4-2-11(3-5-12)15-18-19-16(22-15)13-6-1-10-7-8-23-14(10)9-13/h1-9H,(H,20,21). The number of nitrogens with zero attached hydrogens (tertiary/aromatic N) is 2. The highest BCUT2D eigenvalue weighted by molar-refractivity contribution is 7.17. The average molecular weight is 322 g/mol. The van der Waals surface area contributed by atoms with Crippen LogP contribution in [-0.4, -0.2) is 21.3 Å². The first-order valence-corrected chi connectivity index (χ1v) is 7.73. The molecule has 4 rings (SSSR count). The third-order valence-electron chi connectivity index (χ3n) is 3.51. The van der Waals surface area contributed by atoms with Crippen molar-refractivity contribution in [3.63, 3.8) is 0 Å². The third kappa shape index (κ3) is 2.49. The van der Waals surface area contributed by atoms with Gasteiger partial charge in [-0.2, -0.15) is 0 Å². The summed E-state index contributed by atoms with van der Waals surface area (Å²) in [7, 11) is 0. The Morgan fingerprint density at radius 2 is 1.65 bits per heavy atom. The molecular formula is C17H10N2O3S. The van der Waals surface area contributed by atoms with Gasteiger partial charge in [-0.15, -0.1) is 21.5 Å². The molecule has 0 radical (unpaired) electrons. The van der Waals surface area contributed by atoms with Gasteiger partial charge in [0.05, 0.1) is 5.56 Å². The average Bonchev–Trinajstić information content (AvgIpc) is 3.23. The van der Waals surface area contributed by atoms with E-state index in [4.69, 9.17) is 9.52 Å². The van der Waals surface area contributed by atoms with Crippen molar-refractivity contribution < 1.29 is 14.3 Å². The van der Waals surface area contributed by atoms with E-state index >= 15 is 0 Å². The summed E-state index contributed by atoms with van der Waals surface area (Å²) in [6.07, 6.45) is 0. The molecule has 0 amide bonds. The second-order valence-electron chi connectivity index (χ2n) is 4.97. The number of aromatic carboxylic acids is 1. The van der Waals surface area contributed by atoms with Gasteiger partial charge in [-0.3, -0.25) is 0 Å². The first kappa shape index (κ1) is 13.7. The van der Waals surface area contributed by atoms with Gasteiger partial charge in [0.2, 0.25) is 11.8 Å². The van der Waals surface area contributed by atoms with Crippen LogP contribution in [0.4, 0.5) is 0 Å². The molecule has 0 aliphatic heterocycles. The molecule has 0 bridgehead atoms. The van der Waals surface area contributed by atoms with Gasteiger partial charge in [-0.05, 0) is 53.2 Å². The molecule has 1 N–H and O–H groups in total. The molecule has 112 valence electrons. The van der Waals surface area contributed by atoms with Crippen molar-refractivity contribution in [2.45, 2.75) is 0 Å². The van der Waals surface area contributed by atoms with E-state index in [0.29, 0.717) is 17.3 Å². The highest BCUT2D eigenvalue weighted by Gasteiger charge is 2.12. The maximum absolute atomic E-state index is 10.9. The van der Waals surface area contributed by atoms with Gasteiger partial charge in [-0.25, -0.2) is 4.79 Å². The summed E-state index contributed by atoms with van der Waals surface area (Å²) in [5, 5.41) is 20.3. The van der Waals surface area contributed by atoms with Crippen molar-refractivity contribution in [2.24, 2.45) is 0 Å². The quantitative estimate of drug-likeness (QED) is 0.608. The second-order valence-corrected chi connectivity index (χ2v) is 5.92. The van der Waals surface area contributed by atoms with Crippen LogP contribution in [0.1, 0.15) is 10.4 Å². The van der Waals surface area contributed by atoms with Crippen LogP contribution in [-0.2, 0) is 0 Å². The van der Waals surface area contributed by atoms with Gasteiger partial charge < -0.3 is 9.52 Å². The number of carboxylic acids is 1. The SMILES string of the molecule is O=C(O)c1ccc(-c2nnc(-c3ccc4ccsc4c3)o2)cc1. The predicted molar refractivity (Wildman–Crippen MR) is 87.5 cm³/mol. The Morgan fingerprint density at radius 1 is 0.957 bits per heavy atom. The highest BCUT2D eigenvalue weighted by atomic mass is 32.1. The molecule has 0 unspecified atom stereocenters. The lowest BCUT2D eigenvalue weighted by molar-refractivity contribution is 0.0697. The van der Waals surface area contributed by atoms with Crippen molar-refractivity contribution in [1.82, 2.24) is 10.2 Å². The van der Waals surface area contributed by atoms with E-state index in [-0.39, 0.29) is 5.56 Å². The van der Waals surface area contributed by atoms with Crippen LogP contribution >= 0.6 is 11.3 Å². The fourth-order valence-corrected chi connectivity index (χ4v) is 3.13. The molecule has 0 saturated heterocycles. The fourth-order valence-electron chi connectivity index (χ4n) is 2.30. The zero-order valence-electron chi connectivity index (χ0n) is 11.8. The minimum Gasteiger partial charge on any atom is -0.478 e. The van der Waals surface area contributed by atoms with Gasteiger partial charge >= 0.3 is 5.97 Å². The van der Waals surface area contributed by atoms with E-state index in [0.717, 1.165) is 10.3 Å². The molecule has 5 nitrogen and oxygen atoms in total. The van der Waals surface area contributed by atoms with E-state index in [1.54, 1.807) is 23.5 Å². The third-order valence-corrected chi connectivity index (χ3v) is 4.39. The number of aromatic nitrogens is 2. The summed E-state index contributed by atoms with van der Waals surface area (Å²) >= 11 is 1.66. The van der Waals surface area contributed by atoms with Crippen LogP contribution in [0, 0.1) is 0 Å². The van der Waals surface area contributed by atoms with Crippen molar-refractivity contribution in [3.05, 3.63) is 59.5 Å². The molecule has 4 aromatic rings. The van der Waals surface area contributed by atoms with Crippen molar-refractivity contribution in [3.8, 4) is 22.9 Å². The van der Waals surface area contributed by atoms with Crippen LogP contribution in [0.2, 0.25) is 0 Å². The summed E-state index contributed by atoms with van der Waals surface area (Å²) in [4.78, 5) is 10.9. The number of rotatable bonds is 3. The highest BCUT2D eigenvalue weighted by Crippen LogP contribution is 2.29. The monoisotopic (exact) mass is 322 g/mol. The number of benzene rings is 2. The molecule has 0 spiro atoms. The Morgan fingerprint density at radius 3 is 2.39 bits per heavy atom. The van der Waals surface area contributed by atoms with Gasteiger partial charge in [0.1, 0.15) is 0 Å². The van der Waals surface area contributed by atoms with E-state index in [1.807, 2.05) is 23.6 Å². The number of thiophene rings is 1. The number of carboxylic acid groups (broad SMARTS) is 1. The first-order valence-electron chi connectivity index (χ1n) is 6.85. The van der Waals surface area contributed by atoms with Gasteiger partial charge in [0.25, 0.3) is 0 Å². The van der Waals surface area contributed by atoms with Gasteiger partial charge in [-0.1, -0.05) is 6.07 Å². The number of hydrogen-bond donors (Lipinski definition) is 1. The Kier molecular flexibility index (Phi) is 3.17. The molecule has 0 aliphatic carbocycles. The summed E-state index contributed by atoms with van der Waals surface area (Å²) < 4.78 is 6.88. The summed E-state index contributed by atoms with van der Waals surface area (Å²) in [5.41, 5.74) is 1.77. The summed E-state index contributed by atoms with van der Waals surface area (Å²) in [6, 6.07) is 14.4. The zero-order chi connectivity index (χ0) is 15.8. The molecule has 6 heteroatoms. The minimum absolute atomic E-state index is 0.219. The molecule has 0 saturated carbocycles. The van der Waals surface area contributed by atoms with Crippen molar-refractivity contribution >= 4 is 27.4 Å². The van der Waals surface area contributed by atoms with E-state index in [9.17, 15) is 4.79 Å². The van der Waals surface area contributed by atoms with Gasteiger partial charge in [0, 0.05) is 15.8 Å². The van der Waals surface area contributed by atoms with Crippen LogP contribution in [0.25, 0.3) is 33.0 Å². The number of hydrogen-bond acceptors (Lipinski definition) is 5. The Hall–Kier alpha value is -2.99. The molecule has 2 aromatic heterocycles. The largest absolute Gasteiger partial charge is 0.478 e. The van der Waals surface area contributed by atoms with Crippen molar-refractivity contribution in [1.29, 1.82) is 0 Å². The lowest BCUT2D eigenvalue weighted by atomic mass is 10.1. The van der Waals surface area contributed by atoms with Crippen LogP contribution < -0.4 is 0 Å². The first-order chi connectivity index (χ1) is 11.2. The lowest BCUT2D eigenvalue weighted by Gasteiger charge is -1.97. The Bertz CT molecular complexity index is 1000. The summed E-state index contributed by atoms with van der Waals surface area (Å²) in [6.45, 7) is 0. The molecule has 0 fully saturated rings. The van der Waals surface area contributed by atoms with E-state index in [2.05, 4.69) is 16.3 Å². The number of carbonyl (C=O) groups is 1. The molecule has 23 heavy (non-hydrogen) atoms. The van der Waals surface area contributed by atoms with Crippen LogP contribution in [0.3, 0.4) is 0 Å². The molecule has 2 aromatic carbocycles. The predicted octanol–water partition coefficient (Wildman–Crippen LogP) is 4.32. The Balaban J connectivity index is 1.69. The number of fused-ring (bicyclic) bond motifs is 1. The smallest absolute Gasteiger partial charge is 0.335 e. The minimum atomic E-state index is -0.966. The van der Waals surface area contributed by atoms with Crippen LogP contribution in [0.15, 0.2) is 58.3 Å². The van der Waals surface area contributed by atoms with E-state index in [1.165, 1.54) is 17.5 Å². The lowest BCUT2D eigenvalue weighted by Crippen LogP contribution is -1.94. The zero-order valence-corrected chi connectivity index (χ0v) is 12.6. The van der Waals surface area contributed by atoms with Crippen LogP contribution in [0.5, 0.6) is 0 Å². The maximum Gasteiger partial charge on any atom is 0.335 e. The molecular weight excluding hydrogens is 312 g/mol. The maximum atomic E-state index is 10.9. The molecule has 0 aliphatic rings. The molecule has 0 atom stereocenters.